The van der Waals surface area contributed by atoms with Crippen LogP contribution in [0.5, 0.6) is 0 Å². The van der Waals surface area contributed by atoms with Gasteiger partial charge >= 0.3 is 0 Å². The fourth-order valence-electron chi connectivity index (χ4n) is 0.850. The Hall–Kier alpha value is -0.300. The molecule has 0 unspecified atom stereocenters. The zero-order valence-electron chi connectivity index (χ0n) is 7.41. The summed E-state index contributed by atoms with van der Waals surface area (Å²) in [5, 5.41) is 3.14. The highest BCUT2D eigenvalue weighted by Gasteiger charge is 1.87. The molecule has 0 saturated heterocycles. The Labute approximate surface area is 64.5 Å². The topological polar surface area (TPSA) is 12.0 Å². The third-order valence-corrected chi connectivity index (χ3v) is 1.74. The normalized spacial score (nSPS) is 12.1. The van der Waals surface area contributed by atoms with E-state index in [9.17, 15) is 0 Å². The molecule has 0 aliphatic rings. The number of hydrogen-bond acceptors (Lipinski definition) is 1. The molecule has 0 fully saturated rings. The SMILES string of the molecule is CC=C(C)CCCCNC. The van der Waals surface area contributed by atoms with E-state index in [2.05, 4.69) is 25.2 Å². The first-order chi connectivity index (χ1) is 4.81. The molecule has 0 aromatic carbocycles. The molecule has 0 saturated carbocycles. The van der Waals surface area contributed by atoms with Crippen molar-refractivity contribution in [3.63, 3.8) is 0 Å². The van der Waals surface area contributed by atoms with Gasteiger partial charge in [0.2, 0.25) is 0 Å². The van der Waals surface area contributed by atoms with E-state index in [1.807, 2.05) is 7.05 Å². The Kier molecular flexibility index (Phi) is 6.61. The van der Waals surface area contributed by atoms with E-state index in [1.165, 1.54) is 24.8 Å². The van der Waals surface area contributed by atoms with E-state index in [-0.39, 0.29) is 0 Å². The van der Waals surface area contributed by atoms with Crippen molar-refractivity contribution in [2.24, 2.45) is 0 Å². The third-order valence-electron chi connectivity index (χ3n) is 1.74. The molecule has 0 atom stereocenters. The van der Waals surface area contributed by atoms with Crippen molar-refractivity contribution in [3.05, 3.63) is 11.6 Å². The van der Waals surface area contributed by atoms with Gasteiger partial charge in [-0.3, -0.25) is 0 Å². The van der Waals surface area contributed by atoms with Crippen molar-refractivity contribution in [1.82, 2.24) is 5.32 Å². The summed E-state index contributed by atoms with van der Waals surface area (Å²) in [5.41, 5.74) is 1.51. The van der Waals surface area contributed by atoms with Crippen molar-refractivity contribution in [2.75, 3.05) is 13.6 Å². The number of unbranched alkanes of at least 4 members (excludes halogenated alkanes) is 1. The fourth-order valence-corrected chi connectivity index (χ4v) is 0.850. The van der Waals surface area contributed by atoms with Gasteiger partial charge in [-0.25, -0.2) is 0 Å². The molecule has 0 aliphatic carbocycles. The lowest BCUT2D eigenvalue weighted by Crippen LogP contribution is -2.06. The Bertz CT molecular complexity index is 94.9. The van der Waals surface area contributed by atoms with Crippen LogP contribution in [-0.2, 0) is 0 Å². The van der Waals surface area contributed by atoms with E-state index >= 15 is 0 Å². The third kappa shape index (κ3) is 5.83. The number of rotatable bonds is 5. The molecule has 0 aromatic rings. The molecule has 60 valence electrons. The fraction of sp³-hybridized carbons (Fsp3) is 0.778. The Morgan fingerprint density at radius 1 is 1.40 bits per heavy atom. The highest BCUT2D eigenvalue weighted by molar-refractivity contribution is 4.94. The maximum atomic E-state index is 3.14. The van der Waals surface area contributed by atoms with Crippen LogP contribution in [0.25, 0.3) is 0 Å². The van der Waals surface area contributed by atoms with E-state index in [4.69, 9.17) is 0 Å². The number of allylic oxidation sites excluding steroid dienone is 2. The van der Waals surface area contributed by atoms with Gasteiger partial charge in [-0.2, -0.15) is 0 Å². The molecular formula is C9H19N. The number of nitrogens with one attached hydrogen (secondary N) is 1. The van der Waals surface area contributed by atoms with Crippen molar-refractivity contribution >= 4 is 0 Å². The van der Waals surface area contributed by atoms with E-state index in [0.717, 1.165) is 6.54 Å². The van der Waals surface area contributed by atoms with Gasteiger partial charge in [0.25, 0.3) is 0 Å². The highest BCUT2D eigenvalue weighted by Crippen LogP contribution is 2.04. The predicted octanol–water partition coefficient (Wildman–Crippen LogP) is 2.34. The second-order valence-electron chi connectivity index (χ2n) is 2.70. The summed E-state index contributed by atoms with van der Waals surface area (Å²) in [6.07, 6.45) is 6.07. The first-order valence-corrected chi connectivity index (χ1v) is 4.07. The minimum atomic E-state index is 1.15. The Morgan fingerprint density at radius 3 is 2.60 bits per heavy atom. The average molecular weight is 141 g/mol. The molecule has 1 nitrogen and oxygen atoms in total. The van der Waals surface area contributed by atoms with Gasteiger partial charge in [0.1, 0.15) is 0 Å². The molecule has 0 amide bonds. The van der Waals surface area contributed by atoms with Gasteiger partial charge in [-0.1, -0.05) is 11.6 Å². The lowest BCUT2D eigenvalue weighted by Gasteiger charge is -1.99. The number of hydrogen-bond donors (Lipinski definition) is 1. The largest absolute Gasteiger partial charge is 0.320 e. The van der Waals surface area contributed by atoms with Crippen LogP contribution >= 0.6 is 0 Å². The van der Waals surface area contributed by atoms with Gasteiger partial charge in [-0.05, 0) is 46.7 Å². The molecule has 0 radical (unpaired) electrons. The summed E-state index contributed by atoms with van der Waals surface area (Å²) in [6, 6.07) is 0. The second-order valence-corrected chi connectivity index (χ2v) is 2.70. The summed E-state index contributed by atoms with van der Waals surface area (Å²) in [4.78, 5) is 0. The lowest BCUT2D eigenvalue weighted by atomic mass is 10.1. The molecule has 0 aliphatic heterocycles. The maximum Gasteiger partial charge on any atom is -0.00518 e. The van der Waals surface area contributed by atoms with Crippen LogP contribution in [0.3, 0.4) is 0 Å². The van der Waals surface area contributed by atoms with Crippen molar-refractivity contribution in [1.29, 1.82) is 0 Å². The van der Waals surface area contributed by atoms with E-state index in [0.29, 0.717) is 0 Å². The van der Waals surface area contributed by atoms with Crippen LogP contribution < -0.4 is 5.32 Å². The highest BCUT2D eigenvalue weighted by atomic mass is 14.8. The maximum absolute atomic E-state index is 3.14. The summed E-state index contributed by atoms with van der Waals surface area (Å²) < 4.78 is 0. The van der Waals surface area contributed by atoms with Gasteiger partial charge in [0.15, 0.2) is 0 Å². The monoisotopic (exact) mass is 141 g/mol. The van der Waals surface area contributed by atoms with Gasteiger partial charge in [0.05, 0.1) is 0 Å². The van der Waals surface area contributed by atoms with E-state index < -0.39 is 0 Å². The zero-order chi connectivity index (χ0) is 7.82. The second kappa shape index (κ2) is 6.81. The van der Waals surface area contributed by atoms with Crippen LogP contribution in [0.4, 0.5) is 0 Å². The quantitative estimate of drug-likeness (QED) is 0.458. The molecule has 0 rings (SSSR count). The first kappa shape index (κ1) is 9.70. The predicted molar refractivity (Wildman–Crippen MR) is 47.2 cm³/mol. The standard InChI is InChI=1S/C9H19N/c1-4-9(2)7-5-6-8-10-3/h4,10H,5-8H2,1-3H3. The van der Waals surface area contributed by atoms with Crippen molar-refractivity contribution in [2.45, 2.75) is 33.1 Å². The molecule has 0 bridgehead atoms. The lowest BCUT2D eigenvalue weighted by molar-refractivity contribution is 0.674. The Balaban J connectivity index is 3.04. The molecule has 0 spiro atoms. The first-order valence-electron chi connectivity index (χ1n) is 4.07. The van der Waals surface area contributed by atoms with Crippen LogP contribution in [0.1, 0.15) is 33.1 Å². The van der Waals surface area contributed by atoms with Crippen LogP contribution in [0.2, 0.25) is 0 Å². The Morgan fingerprint density at radius 2 is 2.10 bits per heavy atom. The minimum Gasteiger partial charge on any atom is -0.320 e. The van der Waals surface area contributed by atoms with Crippen molar-refractivity contribution < 1.29 is 0 Å². The summed E-state index contributed by atoms with van der Waals surface area (Å²) in [5.74, 6) is 0. The van der Waals surface area contributed by atoms with E-state index in [1.54, 1.807) is 0 Å². The molecule has 0 heterocycles. The van der Waals surface area contributed by atoms with Gasteiger partial charge < -0.3 is 5.32 Å². The summed E-state index contributed by atoms with van der Waals surface area (Å²) >= 11 is 0. The smallest absolute Gasteiger partial charge is 0.00518 e. The van der Waals surface area contributed by atoms with Crippen LogP contribution in [0, 0.1) is 0 Å². The molecule has 0 aromatic heterocycles. The molecule has 1 N–H and O–H groups in total. The van der Waals surface area contributed by atoms with Crippen LogP contribution in [-0.4, -0.2) is 13.6 Å². The summed E-state index contributed by atoms with van der Waals surface area (Å²) in [6.45, 7) is 5.45. The molecule has 1 heteroatoms. The molecule has 10 heavy (non-hydrogen) atoms. The molecular weight excluding hydrogens is 122 g/mol. The van der Waals surface area contributed by atoms with Crippen LogP contribution in [0.15, 0.2) is 11.6 Å². The van der Waals surface area contributed by atoms with Gasteiger partial charge in [-0.15, -0.1) is 0 Å². The average Bonchev–Trinajstić information content (AvgIpc) is 1.98. The van der Waals surface area contributed by atoms with Crippen molar-refractivity contribution in [3.8, 4) is 0 Å². The van der Waals surface area contributed by atoms with Gasteiger partial charge in [0, 0.05) is 0 Å². The zero-order valence-corrected chi connectivity index (χ0v) is 7.41. The minimum absolute atomic E-state index is 1.15. The summed E-state index contributed by atoms with van der Waals surface area (Å²) in [7, 11) is 2.00.